The first-order valence-corrected chi connectivity index (χ1v) is 8.21. The molecule has 0 saturated carbocycles. The summed E-state index contributed by atoms with van der Waals surface area (Å²) in [7, 11) is 2.18. The standard InChI is InChI=1S/C19H29NO/c1-14-6-7-15-13-17(2,3)19(21,16(15)12-14)18(4)8-10-20(5)11-9-18/h6-7,12,21H,8-11,13H2,1-5H3. The Morgan fingerprint density at radius 1 is 1.10 bits per heavy atom. The summed E-state index contributed by atoms with van der Waals surface area (Å²) in [5.41, 5.74) is 2.92. The molecule has 3 rings (SSSR count). The molecule has 1 aromatic carbocycles. The van der Waals surface area contributed by atoms with Gasteiger partial charge in [0, 0.05) is 10.8 Å². The molecule has 1 aliphatic heterocycles. The van der Waals surface area contributed by atoms with Gasteiger partial charge in [-0.25, -0.2) is 0 Å². The maximum atomic E-state index is 11.9. The second kappa shape index (κ2) is 4.57. The van der Waals surface area contributed by atoms with Gasteiger partial charge < -0.3 is 10.0 Å². The topological polar surface area (TPSA) is 23.5 Å². The van der Waals surface area contributed by atoms with Crippen LogP contribution < -0.4 is 0 Å². The van der Waals surface area contributed by atoms with Gasteiger partial charge >= 0.3 is 0 Å². The van der Waals surface area contributed by atoms with Crippen molar-refractivity contribution < 1.29 is 5.11 Å². The SMILES string of the molecule is Cc1ccc2c(c1)C(O)(C1(C)CCN(C)CC1)C(C)(C)C2. The van der Waals surface area contributed by atoms with E-state index in [1.54, 1.807) is 0 Å². The molecule has 0 bridgehead atoms. The number of hydrogen-bond acceptors (Lipinski definition) is 2. The predicted octanol–water partition coefficient (Wildman–Crippen LogP) is 3.50. The van der Waals surface area contributed by atoms with Gasteiger partial charge in [-0.2, -0.15) is 0 Å². The quantitative estimate of drug-likeness (QED) is 0.854. The lowest BCUT2D eigenvalue weighted by atomic mass is 9.57. The van der Waals surface area contributed by atoms with Gasteiger partial charge in [-0.1, -0.05) is 44.5 Å². The molecule has 0 aromatic heterocycles. The van der Waals surface area contributed by atoms with E-state index in [4.69, 9.17) is 0 Å². The average Bonchev–Trinajstić information content (AvgIpc) is 2.62. The molecule has 1 saturated heterocycles. The van der Waals surface area contributed by atoms with E-state index < -0.39 is 5.60 Å². The van der Waals surface area contributed by atoms with Crippen LogP contribution in [0.2, 0.25) is 0 Å². The van der Waals surface area contributed by atoms with Crippen molar-refractivity contribution in [1.29, 1.82) is 0 Å². The van der Waals surface area contributed by atoms with Gasteiger partial charge in [-0.3, -0.25) is 0 Å². The van der Waals surface area contributed by atoms with Crippen LogP contribution >= 0.6 is 0 Å². The predicted molar refractivity (Wildman–Crippen MR) is 87.4 cm³/mol. The Balaban J connectivity index is 2.12. The number of likely N-dealkylation sites (tertiary alicyclic amines) is 1. The van der Waals surface area contributed by atoms with E-state index in [-0.39, 0.29) is 10.8 Å². The second-order valence-electron chi connectivity index (χ2n) is 8.30. The number of piperidine rings is 1. The number of rotatable bonds is 1. The van der Waals surface area contributed by atoms with Gasteiger partial charge in [0.15, 0.2) is 0 Å². The first-order valence-electron chi connectivity index (χ1n) is 8.21. The van der Waals surface area contributed by atoms with Gasteiger partial charge in [0.25, 0.3) is 0 Å². The largest absolute Gasteiger partial charge is 0.384 e. The summed E-state index contributed by atoms with van der Waals surface area (Å²) in [5, 5.41) is 11.9. The fourth-order valence-electron chi connectivity index (χ4n) is 4.77. The van der Waals surface area contributed by atoms with Crippen molar-refractivity contribution in [3.05, 3.63) is 34.9 Å². The molecule has 1 atom stereocenters. The zero-order valence-corrected chi connectivity index (χ0v) is 14.2. The van der Waals surface area contributed by atoms with Crippen molar-refractivity contribution in [3.63, 3.8) is 0 Å². The third kappa shape index (κ3) is 1.99. The highest BCUT2D eigenvalue weighted by atomic mass is 16.3. The molecule has 1 aliphatic carbocycles. The molecule has 1 aromatic rings. The zero-order chi connectivity index (χ0) is 15.5. The fraction of sp³-hybridized carbons (Fsp3) is 0.684. The van der Waals surface area contributed by atoms with E-state index in [9.17, 15) is 5.11 Å². The molecule has 1 heterocycles. The Morgan fingerprint density at radius 2 is 1.71 bits per heavy atom. The summed E-state index contributed by atoms with van der Waals surface area (Å²) < 4.78 is 0. The average molecular weight is 287 g/mol. The van der Waals surface area contributed by atoms with Crippen molar-refractivity contribution in [2.75, 3.05) is 20.1 Å². The van der Waals surface area contributed by atoms with Crippen molar-refractivity contribution in [3.8, 4) is 0 Å². The summed E-state index contributed by atoms with van der Waals surface area (Å²) in [6.07, 6.45) is 3.11. The normalized spacial score (nSPS) is 31.1. The minimum absolute atomic E-state index is 0.0396. The van der Waals surface area contributed by atoms with E-state index in [1.807, 2.05) is 0 Å². The Kier molecular flexibility index (Phi) is 3.27. The number of benzene rings is 1. The van der Waals surface area contributed by atoms with Crippen molar-refractivity contribution in [2.45, 2.75) is 52.6 Å². The first-order chi connectivity index (χ1) is 9.70. The molecular formula is C19H29NO. The number of nitrogens with zero attached hydrogens (tertiary/aromatic N) is 1. The highest BCUT2D eigenvalue weighted by molar-refractivity contribution is 5.44. The highest BCUT2D eigenvalue weighted by Crippen LogP contribution is 2.61. The van der Waals surface area contributed by atoms with E-state index in [0.29, 0.717) is 0 Å². The number of aliphatic hydroxyl groups is 1. The smallest absolute Gasteiger partial charge is 0.101 e. The van der Waals surface area contributed by atoms with Gasteiger partial charge in [0.2, 0.25) is 0 Å². The van der Waals surface area contributed by atoms with Crippen LogP contribution in [0.15, 0.2) is 18.2 Å². The van der Waals surface area contributed by atoms with Gasteiger partial charge in [0.1, 0.15) is 5.60 Å². The molecule has 1 unspecified atom stereocenters. The van der Waals surface area contributed by atoms with Crippen LogP contribution in [-0.2, 0) is 12.0 Å². The first kappa shape index (κ1) is 15.1. The minimum atomic E-state index is -0.720. The van der Waals surface area contributed by atoms with Crippen LogP contribution in [0.5, 0.6) is 0 Å². The number of aryl methyl sites for hydroxylation is 1. The molecule has 1 fully saturated rings. The van der Waals surface area contributed by atoms with Crippen molar-refractivity contribution >= 4 is 0 Å². The summed E-state index contributed by atoms with van der Waals surface area (Å²) in [6, 6.07) is 6.63. The maximum absolute atomic E-state index is 11.9. The zero-order valence-electron chi connectivity index (χ0n) is 14.2. The molecule has 0 spiro atoms. The Labute approximate surface area is 129 Å². The molecule has 116 valence electrons. The monoisotopic (exact) mass is 287 g/mol. The molecular weight excluding hydrogens is 258 g/mol. The van der Waals surface area contributed by atoms with Crippen LogP contribution in [0.25, 0.3) is 0 Å². The molecule has 2 heteroatoms. The molecule has 21 heavy (non-hydrogen) atoms. The van der Waals surface area contributed by atoms with Crippen LogP contribution in [-0.4, -0.2) is 30.1 Å². The van der Waals surface area contributed by atoms with Crippen molar-refractivity contribution in [1.82, 2.24) is 4.90 Å². The van der Waals surface area contributed by atoms with Crippen LogP contribution in [0.1, 0.15) is 50.3 Å². The van der Waals surface area contributed by atoms with Crippen LogP contribution in [0, 0.1) is 17.8 Å². The van der Waals surface area contributed by atoms with E-state index in [0.717, 1.165) is 32.4 Å². The molecule has 0 radical (unpaired) electrons. The van der Waals surface area contributed by atoms with Gasteiger partial charge in [-0.15, -0.1) is 0 Å². The molecule has 0 amide bonds. The van der Waals surface area contributed by atoms with Gasteiger partial charge in [-0.05, 0) is 57.5 Å². The number of fused-ring (bicyclic) bond motifs is 1. The molecule has 2 nitrogen and oxygen atoms in total. The summed E-state index contributed by atoms with van der Waals surface area (Å²) in [5.74, 6) is 0. The fourth-order valence-corrected chi connectivity index (χ4v) is 4.77. The summed E-state index contributed by atoms with van der Waals surface area (Å²) in [6.45, 7) is 11.1. The Morgan fingerprint density at radius 3 is 2.33 bits per heavy atom. The summed E-state index contributed by atoms with van der Waals surface area (Å²) in [4.78, 5) is 2.38. The Hall–Kier alpha value is -0.860. The third-order valence-electron chi connectivity index (χ3n) is 6.23. The summed E-state index contributed by atoms with van der Waals surface area (Å²) >= 11 is 0. The van der Waals surface area contributed by atoms with E-state index in [1.165, 1.54) is 16.7 Å². The highest BCUT2D eigenvalue weighted by Gasteiger charge is 2.61. The lowest BCUT2D eigenvalue weighted by Gasteiger charge is -2.54. The van der Waals surface area contributed by atoms with Crippen LogP contribution in [0.4, 0.5) is 0 Å². The number of hydrogen-bond donors (Lipinski definition) is 1. The van der Waals surface area contributed by atoms with E-state index in [2.05, 4.69) is 57.8 Å². The van der Waals surface area contributed by atoms with Crippen molar-refractivity contribution in [2.24, 2.45) is 10.8 Å². The minimum Gasteiger partial charge on any atom is -0.384 e. The van der Waals surface area contributed by atoms with E-state index >= 15 is 0 Å². The Bertz CT molecular complexity index is 555. The third-order valence-corrected chi connectivity index (χ3v) is 6.23. The molecule has 1 N–H and O–H groups in total. The molecule has 2 aliphatic rings. The maximum Gasteiger partial charge on any atom is 0.101 e. The van der Waals surface area contributed by atoms with Crippen LogP contribution in [0.3, 0.4) is 0 Å². The lowest BCUT2D eigenvalue weighted by Crippen LogP contribution is -2.55. The second-order valence-corrected chi connectivity index (χ2v) is 8.30. The van der Waals surface area contributed by atoms with Gasteiger partial charge in [0.05, 0.1) is 0 Å². The lowest BCUT2D eigenvalue weighted by molar-refractivity contribution is -0.171.